The van der Waals surface area contributed by atoms with E-state index in [0.29, 0.717) is 18.9 Å². The average Bonchev–Trinajstić information content (AvgIpc) is 2.39. The van der Waals surface area contributed by atoms with Crippen molar-refractivity contribution in [1.29, 1.82) is 0 Å². The quantitative estimate of drug-likeness (QED) is 0.751. The third kappa shape index (κ3) is 6.05. The molecule has 1 aliphatic carbocycles. The minimum Gasteiger partial charge on any atom is -0.354 e. The summed E-state index contributed by atoms with van der Waals surface area (Å²) in [6, 6.07) is -0.433. The van der Waals surface area contributed by atoms with Crippen LogP contribution in [0.25, 0.3) is 0 Å². The lowest BCUT2D eigenvalue weighted by atomic mass is 9.85. The van der Waals surface area contributed by atoms with E-state index in [1.54, 1.807) is 14.1 Å². The standard InChI is InChI=1S/C14H27N3O2/c1-17(2)13(18)8-9-16-14(19)12(15)10-11-6-4-3-5-7-11/h11-12H,3-10,15H2,1-2H3,(H,16,19). The van der Waals surface area contributed by atoms with E-state index in [1.807, 2.05) is 0 Å². The lowest BCUT2D eigenvalue weighted by molar-refractivity contribution is -0.128. The third-order valence-corrected chi connectivity index (χ3v) is 3.79. The van der Waals surface area contributed by atoms with Gasteiger partial charge in [-0.25, -0.2) is 0 Å². The van der Waals surface area contributed by atoms with Crippen LogP contribution in [0.1, 0.15) is 44.9 Å². The molecule has 3 N–H and O–H groups in total. The first-order valence-electron chi connectivity index (χ1n) is 7.24. The molecule has 0 radical (unpaired) electrons. The molecule has 1 unspecified atom stereocenters. The van der Waals surface area contributed by atoms with Gasteiger partial charge in [-0.05, 0) is 12.3 Å². The fraction of sp³-hybridized carbons (Fsp3) is 0.857. The molecule has 0 aromatic rings. The van der Waals surface area contributed by atoms with Crippen molar-refractivity contribution in [2.24, 2.45) is 11.7 Å². The Morgan fingerprint density at radius 1 is 1.26 bits per heavy atom. The van der Waals surface area contributed by atoms with Crippen molar-refractivity contribution in [3.63, 3.8) is 0 Å². The van der Waals surface area contributed by atoms with E-state index in [1.165, 1.54) is 37.0 Å². The molecule has 0 aliphatic heterocycles. The van der Waals surface area contributed by atoms with Crippen LogP contribution in [-0.2, 0) is 9.59 Å². The van der Waals surface area contributed by atoms with Crippen LogP contribution in [0.3, 0.4) is 0 Å². The largest absolute Gasteiger partial charge is 0.354 e. The summed E-state index contributed by atoms with van der Waals surface area (Å²) in [6.07, 6.45) is 7.32. The van der Waals surface area contributed by atoms with Gasteiger partial charge in [-0.2, -0.15) is 0 Å². The summed E-state index contributed by atoms with van der Waals surface area (Å²) in [5.74, 6) is 0.483. The second-order valence-electron chi connectivity index (χ2n) is 5.68. The van der Waals surface area contributed by atoms with E-state index in [2.05, 4.69) is 5.32 Å². The van der Waals surface area contributed by atoms with Gasteiger partial charge >= 0.3 is 0 Å². The average molecular weight is 269 g/mol. The van der Waals surface area contributed by atoms with Gasteiger partial charge in [0.25, 0.3) is 0 Å². The normalized spacial score (nSPS) is 17.8. The topological polar surface area (TPSA) is 75.4 Å². The summed E-state index contributed by atoms with van der Waals surface area (Å²) in [5, 5.41) is 2.75. The zero-order valence-corrected chi connectivity index (χ0v) is 12.2. The molecule has 2 amide bonds. The molecule has 5 heteroatoms. The van der Waals surface area contributed by atoms with Gasteiger partial charge in [0.1, 0.15) is 0 Å². The number of hydrogen-bond donors (Lipinski definition) is 2. The lowest BCUT2D eigenvalue weighted by Gasteiger charge is -2.24. The van der Waals surface area contributed by atoms with E-state index in [0.717, 1.165) is 6.42 Å². The van der Waals surface area contributed by atoms with Gasteiger partial charge < -0.3 is 16.0 Å². The fourth-order valence-corrected chi connectivity index (χ4v) is 2.54. The van der Waals surface area contributed by atoms with E-state index in [9.17, 15) is 9.59 Å². The highest BCUT2D eigenvalue weighted by atomic mass is 16.2. The molecule has 0 bridgehead atoms. The lowest BCUT2D eigenvalue weighted by Crippen LogP contribution is -2.43. The van der Waals surface area contributed by atoms with Gasteiger partial charge in [0, 0.05) is 27.1 Å². The van der Waals surface area contributed by atoms with Crippen molar-refractivity contribution in [1.82, 2.24) is 10.2 Å². The molecule has 0 aromatic carbocycles. The van der Waals surface area contributed by atoms with E-state index >= 15 is 0 Å². The molecule has 0 spiro atoms. The molecule has 1 aliphatic rings. The monoisotopic (exact) mass is 269 g/mol. The molecule has 0 saturated heterocycles. The van der Waals surface area contributed by atoms with Crippen LogP contribution in [0, 0.1) is 5.92 Å². The zero-order chi connectivity index (χ0) is 14.3. The van der Waals surface area contributed by atoms with Gasteiger partial charge in [0.15, 0.2) is 0 Å². The van der Waals surface area contributed by atoms with Crippen LogP contribution in [0.2, 0.25) is 0 Å². The van der Waals surface area contributed by atoms with Gasteiger partial charge in [0.2, 0.25) is 11.8 Å². The molecule has 1 rings (SSSR count). The van der Waals surface area contributed by atoms with Crippen LogP contribution in [-0.4, -0.2) is 43.4 Å². The van der Waals surface area contributed by atoms with E-state index in [4.69, 9.17) is 5.73 Å². The third-order valence-electron chi connectivity index (χ3n) is 3.79. The number of carbonyl (C=O) groups is 2. The predicted molar refractivity (Wildman–Crippen MR) is 75.5 cm³/mol. The van der Waals surface area contributed by atoms with Crippen molar-refractivity contribution in [3.8, 4) is 0 Å². The summed E-state index contributed by atoms with van der Waals surface area (Å²) >= 11 is 0. The number of nitrogens with one attached hydrogen (secondary N) is 1. The molecule has 1 atom stereocenters. The van der Waals surface area contributed by atoms with Gasteiger partial charge in [-0.15, -0.1) is 0 Å². The Kier molecular flexibility index (Phi) is 6.84. The Morgan fingerprint density at radius 2 is 1.89 bits per heavy atom. The number of nitrogens with zero attached hydrogens (tertiary/aromatic N) is 1. The van der Waals surface area contributed by atoms with Gasteiger partial charge in [-0.1, -0.05) is 32.1 Å². The molecular weight excluding hydrogens is 242 g/mol. The molecule has 1 fully saturated rings. The summed E-state index contributed by atoms with van der Waals surface area (Å²) in [6.45, 7) is 0.369. The number of rotatable bonds is 6. The first kappa shape index (κ1) is 16.0. The maximum absolute atomic E-state index is 11.8. The van der Waals surface area contributed by atoms with Gasteiger partial charge in [-0.3, -0.25) is 9.59 Å². The highest BCUT2D eigenvalue weighted by Gasteiger charge is 2.21. The highest BCUT2D eigenvalue weighted by Crippen LogP contribution is 2.26. The Morgan fingerprint density at radius 3 is 2.47 bits per heavy atom. The fourth-order valence-electron chi connectivity index (χ4n) is 2.54. The molecule has 19 heavy (non-hydrogen) atoms. The van der Waals surface area contributed by atoms with Crippen molar-refractivity contribution in [2.45, 2.75) is 51.0 Å². The minimum absolute atomic E-state index is 0.0150. The number of nitrogens with two attached hydrogens (primary N) is 1. The Balaban J connectivity index is 2.19. The van der Waals surface area contributed by atoms with Crippen LogP contribution >= 0.6 is 0 Å². The van der Waals surface area contributed by atoms with E-state index < -0.39 is 6.04 Å². The van der Waals surface area contributed by atoms with Crippen molar-refractivity contribution in [2.75, 3.05) is 20.6 Å². The predicted octanol–water partition coefficient (Wildman–Crippen LogP) is 0.879. The second-order valence-corrected chi connectivity index (χ2v) is 5.68. The summed E-state index contributed by atoms with van der Waals surface area (Å²) < 4.78 is 0. The maximum Gasteiger partial charge on any atom is 0.236 e. The summed E-state index contributed by atoms with van der Waals surface area (Å²) in [7, 11) is 3.41. The number of amides is 2. The number of carbonyl (C=O) groups excluding carboxylic acids is 2. The smallest absolute Gasteiger partial charge is 0.236 e. The molecule has 0 aromatic heterocycles. The number of hydrogen-bond acceptors (Lipinski definition) is 3. The van der Waals surface area contributed by atoms with Crippen molar-refractivity contribution < 1.29 is 9.59 Å². The SMILES string of the molecule is CN(C)C(=O)CCNC(=O)C(N)CC1CCCCC1. The van der Waals surface area contributed by atoms with Crippen LogP contribution < -0.4 is 11.1 Å². The van der Waals surface area contributed by atoms with Crippen LogP contribution in [0.5, 0.6) is 0 Å². The first-order chi connectivity index (χ1) is 9.00. The van der Waals surface area contributed by atoms with E-state index in [-0.39, 0.29) is 11.8 Å². The minimum atomic E-state index is -0.433. The molecule has 5 nitrogen and oxygen atoms in total. The Labute approximate surface area is 115 Å². The van der Waals surface area contributed by atoms with Crippen LogP contribution in [0.15, 0.2) is 0 Å². The molecule has 110 valence electrons. The van der Waals surface area contributed by atoms with Crippen molar-refractivity contribution >= 4 is 11.8 Å². The zero-order valence-electron chi connectivity index (χ0n) is 12.2. The highest BCUT2D eigenvalue weighted by molar-refractivity contribution is 5.82. The Hall–Kier alpha value is -1.10. The molecular formula is C14H27N3O2. The van der Waals surface area contributed by atoms with Crippen molar-refractivity contribution in [3.05, 3.63) is 0 Å². The van der Waals surface area contributed by atoms with Gasteiger partial charge in [0.05, 0.1) is 6.04 Å². The van der Waals surface area contributed by atoms with Crippen LogP contribution in [0.4, 0.5) is 0 Å². The summed E-state index contributed by atoms with van der Waals surface area (Å²) in [4.78, 5) is 24.7. The first-order valence-corrected chi connectivity index (χ1v) is 7.24. The molecule has 1 saturated carbocycles. The molecule has 0 heterocycles. The Bertz CT molecular complexity index is 299. The maximum atomic E-state index is 11.8. The summed E-state index contributed by atoms with van der Waals surface area (Å²) in [5.41, 5.74) is 5.92. The second kappa shape index (κ2) is 8.15.